The quantitative estimate of drug-likeness (QED) is 0.755. The van der Waals surface area contributed by atoms with Crippen molar-refractivity contribution < 1.29 is 19.3 Å². The topological polar surface area (TPSA) is 51.2 Å². The van der Waals surface area contributed by atoms with E-state index in [1.807, 2.05) is 24.3 Å². The molecule has 1 aliphatic heterocycles. The van der Waals surface area contributed by atoms with E-state index in [-0.39, 0.29) is 18.8 Å². The molecule has 152 valence electrons. The number of nitrogens with zero attached hydrogens (tertiary/aromatic N) is 1. The zero-order chi connectivity index (χ0) is 20.1. The molecule has 1 saturated heterocycles. The van der Waals surface area contributed by atoms with Crippen LogP contribution in [0.25, 0.3) is 0 Å². The Labute approximate surface area is 167 Å². The summed E-state index contributed by atoms with van der Waals surface area (Å²) < 4.78 is 17.5. The predicted octanol–water partition coefficient (Wildman–Crippen LogP) is 3.42. The van der Waals surface area contributed by atoms with Crippen LogP contribution in [0.15, 0.2) is 48.5 Å². The number of hydrogen-bond donors (Lipinski definition) is 1. The smallest absolute Gasteiger partial charge is 0.139 e. The molecule has 0 saturated carbocycles. The monoisotopic (exact) mass is 385 g/mol. The average Bonchev–Trinajstić information content (AvgIpc) is 3.02. The van der Waals surface area contributed by atoms with Gasteiger partial charge in [-0.05, 0) is 56.2 Å². The number of hydrogen-bond acceptors (Lipinski definition) is 5. The molecule has 0 spiro atoms. The second kappa shape index (κ2) is 8.95. The van der Waals surface area contributed by atoms with E-state index in [0.29, 0.717) is 0 Å². The lowest BCUT2D eigenvalue weighted by atomic mass is 10.1. The molecule has 0 unspecified atom stereocenters. The highest BCUT2D eigenvalue weighted by atomic mass is 16.5. The Kier molecular flexibility index (Phi) is 6.60. The molecule has 0 aromatic heterocycles. The minimum Gasteiger partial charge on any atom is -0.491 e. The Morgan fingerprint density at radius 3 is 2.39 bits per heavy atom. The average molecular weight is 386 g/mol. The SMILES string of the molecule is CO[C@H]1CN(Cc2ccc(OCC(C)(C)O)cc2)C[C@@H]1Oc1cccc(C)c1. The van der Waals surface area contributed by atoms with E-state index in [1.54, 1.807) is 21.0 Å². The molecular formula is C23H31NO4. The van der Waals surface area contributed by atoms with E-state index in [2.05, 4.69) is 36.1 Å². The van der Waals surface area contributed by atoms with Gasteiger partial charge in [-0.2, -0.15) is 0 Å². The van der Waals surface area contributed by atoms with Gasteiger partial charge in [0, 0.05) is 26.7 Å². The Morgan fingerprint density at radius 2 is 1.75 bits per heavy atom. The minimum absolute atomic E-state index is 0.0150. The molecule has 2 aromatic rings. The minimum atomic E-state index is -0.838. The summed E-state index contributed by atoms with van der Waals surface area (Å²) in [6, 6.07) is 16.2. The second-order valence-corrected chi connectivity index (χ2v) is 8.19. The van der Waals surface area contributed by atoms with Crippen molar-refractivity contribution >= 4 is 0 Å². The number of ether oxygens (including phenoxy) is 3. The summed E-state index contributed by atoms with van der Waals surface area (Å²) in [7, 11) is 1.75. The van der Waals surface area contributed by atoms with Gasteiger partial charge in [0.25, 0.3) is 0 Å². The van der Waals surface area contributed by atoms with Gasteiger partial charge in [0.15, 0.2) is 0 Å². The molecule has 0 amide bonds. The van der Waals surface area contributed by atoms with E-state index in [0.717, 1.165) is 31.1 Å². The molecule has 2 aromatic carbocycles. The summed E-state index contributed by atoms with van der Waals surface area (Å²) in [4.78, 5) is 2.35. The number of likely N-dealkylation sites (tertiary alicyclic amines) is 1. The molecule has 1 aliphatic rings. The summed E-state index contributed by atoms with van der Waals surface area (Å²) in [6.07, 6.45) is 0.0658. The number of aryl methyl sites for hydroxylation is 1. The Hall–Kier alpha value is -2.08. The van der Waals surface area contributed by atoms with E-state index < -0.39 is 5.60 Å². The number of rotatable bonds is 8. The van der Waals surface area contributed by atoms with Gasteiger partial charge in [-0.25, -0.2) is 0 Å². The third-order valence-corrected chi connectivity index (χ3v) is 4.79. The van der Waals surface area contributed by atoms with Crippen LogP contribution < -0.4 is 9.47 Å². The molecule has 28 heavy (non-hydrogen) atoms. The van der Waals surface area contributed by atoms with Crippen molar-refractivity contribution in [3.8, 4) is 11.5 Å². The molecule has 1 fully saturated rings. The van der Waals surface area contributed by atoms with Gasteiger partial charge in [0.1, 0.15) is 30.3 Å². The van der Waals surface area contributed by atoms with Gasteiger partial charge in [-0.1, -0.05) is 24.3 Å². The number of benzene rings is 2. The fraction of sp³-hybridized carbons (Fsp3) is 0.478. The first-order valence-electron chi connectivity index (χ1n) is 9.75. The molecule has 5 heteroatoms. The predicted molar refractivity (Wildman–Crippen MR) is 110 cm³/mol. The second-order valence-electron chi connectivity index (χ2n) is 8.19. The van der Waals surface area contributed by atoms with E-state index in [4.69, 9.17) is 14.2 Å². The summed E-state index contributed by atoms with van der Waals surface area (Å²) in [5.74, 6) is 1.66. The van der Waals surface area contributed by atoms with Crippen LogP contribution in [0.1, 0.15) is 25.0 Å². The van der Waals surface area contributed by atoms with Gasteiger partial charge >= 0.3 is 0 Å². The van der Waals surface area contributed by atoms with Crippen molar-refractivity contribution in [1.29, 1.82) is 0 Å². The highest BCUT2D eigenvalue weighted by Gasteiger charge is 2.34. The molecule has 0 bridgehead atoms. The van der Waals surface area contributed by atoms with Crippen molar-refractivity contribution in [2.24, 2.45) is 0 Å². The summed E-state index contributed by atoms with van der Waals surface area (Å²) >= 11 is 0. The Balaban J connectivity index is 1.56. The molecule has 1 N–H and O–H groups in total. The highest BCUT2D eigenvalue weighted by molar-refractivity contribution is 5.29. The first-order chi connectivity index (χ1) is 13.3. The van der Waals surface area contributed by atoms with Crippen molar-refractivity contribution in [2.75, 3.05) is 26.8 Å². The lowest BCUT2D eigenvalue weighted by Gasteiger charge is -2.19. The van der Waals surface area contributed by atoms with Crippen LogP contribution >= 0.6 is 0 Å². The Bertz CT molecular complexity index is 754. The summed E-state index contributed by atoms with van der Waals surface area (Å²) in [5, 5.41) is 9.76. The van der Waals surface area contributed by atoms with Crippen LogP contribution in [0, 0.1) is 6.92 Å². The number of methoxy groups -OCH3 is 1. The van der Waals surface area contributed by atoms with Crippen LogP contribution in [0.2, 0.25) is 0 Å². The van der Waals surface area contributed by atoms with Gasteiger partial charge in [0.05, 0.1) is 5.60 Å². The molecule has 1 heterocycles. The normalized spacial score (nSPS) is 20.3. The fourth-order valence-electron chi connectivity index (χ4n) is 3.36. The molecule has 5 nitrogen and oxygen atoms in total. The van der Waals surface area contributed by atoms with E-state index >= 15 is 0 Å². The lowest BCUT2D eigenvalue weighted by molar-refractivity contribution is 0.0285. The van der Waals surface area contributed by atoms with Crippen LogP contribution in [-0.2, 0) is 11.3 Å². The Morgan fingerprint density at radius 1 is 1.04 bits per heavy atom. The summed E-state index contributed by atoms with van der Waals surface area (Å²) in [5.41, 5.74) is 1.56. The molecule has 0 radical (unpaired) electrons. The van der Waals surface area contributed by atoms with Gasteiger partial charge < -0.3 is 19.3 Å². The van der Waals surface area contributed by atoms with Crippen molar-refractivity contribution in [1.82, 2.24) is 4.90 Å². The molecule has 2 atom stereocenters. The largest absolute Gasteiger partial charge is 0.491 e. The lowest BCUT2D eigenvalue weighted by Crippen LogP contribution is -2.31. The maximum Gasteiger partial charge on any atom is 0.139 e. The third-order valence-electron chi connectivity index (χ3n) is 4.79. The fourth-order valence-corrected chi connectivity index (χ4v) is 3.36. The standard InChI is InChI=1S/C23H31NO4/c1-17-6-5-7-20(12-17)28-22-15-24(14-21(22)26-4)13-18-8-10-19(11-9-18)27-16-23(2,3)25/h5-12,21-22,25H,13-16H2,1-4H3/t21-,22-/m0/s1. The first-order valence-corrected chi connectivity index (χ1v) is 9.75. The van der Waals surface area contributed by atoms with Crippen molar-refractivity contribution in [3.05, 3.63) is 59.7 Å². The third kappa shape index (κ3) is 5.96. The van der Waals surface area contributed by atoms with E-state index in [1.165, 1.54) is 11.1 Å². The van der Waals surface area contributed by atoms with E-state index in [9.17, 15) is 5.11 Å². The van der Waals surface area contributed by atoms with Crippen LogP contribution in [0.4, 0.5) is 0 Å². The highest BCUT2D eigenvalue weighted by Crippen LogP contribution is 2.23. The van der Waals surface area contributed by atoms with Crippen LogP contribution in [0.3, 0.4) is 0 Å². The number of aliphatic hydroxyl groups is 1. The van der Waals surface area contributed by atoms with Crippen LogP contribution in [-0.4, -0.2) is 54.6 Å². The zero-order valence-electron chi connectivity index (χ0n) is 17.2. The summed E-state index contributed by atoms with van der Waals surface area (Å²) in [6.45, 7) is 8.29. The molecule has 3 rings (SSSR count). The van der Waals surface area contributed by atoms with Crippen molar-refractivity contribution in [2.45, 2.75) is 45.1 Å². The van der Waals surface area contributed by atoms with Crippen LogP contribution in [0.5, 0.6) is 11.5 Å². The van der Waals surface area contributed by atoms with Gasteiger partial charge in [-0.3, -0.25) is 4.90 Å². The molecule has 0 aliphatic carbocycles. The maximum atomic E-state index is 9.76. The first kappa shape index (κ1) is 20.6. The maximum absolute atomic E-state index is 9.76. The zero-order valence-corrected chi connectivity index (χ0v) is 17.2. The molecular weight excluding hydrogens is 354 g/mol. The van der Waals surface area contributed by atoms with Gasteiger partial charge in [-0.15, -0.1) is 0 Å². The van der Waals surface area contributed by atoms with Crippen molar-refractivity contribution in [3.63, 3.8) is 0 Å². The van der Waals surface area contributed by atoms with Gasteiger partial charge in [0.2, 0.25) is 0 Å².